The highest BCUT2D eigenvalue weighted by molar-refractivity contribution is 6.42. The summed E-state index contributed by atoms with van der Waals surface area (Å²) < 4.78 is 0. The number of aliphatic hydroxyl groups excluding tert-OH is 1. The molecule has 2 nitrogen and oxygen atoms in total. The molecule has 0 radical (unpaired) electrons. The topological polar surface area (TPSA) is 33.1 Å². The second-order valence-electron chi connectivity index (χ2n) is 4.89. The number of halogens is 2. The second kappa shape index (κ2) is 6.02. The van der Waals surface area contributed by atoms with E-state index in [1.165, 1.54) is 0 Å². The zero-order valence-corrected chi connectivity index (χ0v) is 12.6. The first-order valence-corrected chi connectivity index (χ1v) is 7.37. The van der Waals surface area contributed by atoms with Crippen LogP contribution in [0.3, 0.4) is 0 Å². The van der Waals surface area contributed by atoms with E-state index >= 15 is 0 Å². The lowest BCUT2D eigenvalue weighted by molar-refractivity contribution is 0.177. The van der Waals surface area contributed by atoms with Crippen molar-refractivity contribution < 1.29 is 5.11 Å². The number of para-hydroxylation sites is 1. The SMILES string of the molecule is O[C@@H](Cc1ccc2ccccc2n1)c1ccc(Cl)c(Cl)c1. The van der Waals surface area contributed by atoms with Crippen molar-refractivity contribution in [1.29, 1.82) is 0 Å². The molecule has 106 valence electrons. The van der Waals surface area contributed by atoms with Gasteiger partial charge in [0.15, 0.2) is 0 Å². The molecule has 1 heterocycles. The number of benzene rings is 2. The Morgan fingerprint density at radius 2 is 1.76 bits per heavy atom. The number of hydrogen-bond acceptors (Lipinski definition) is 2. The summed E-state index contributed by atoms with van der Waals surface area (Å²) in [6, 6.07) is 17.0. The molecule has 1 N–H and O–H groups in total. The fraction of sp³-hybridized carbons (Fsp3) is 0.118. The molecule has 0 unspecified atom stereocenters. The van der Waals surface area contributed by atoms with Gasteiger partial charge in [0.25, 0.3) is 0 Å². The molecule has 1 atom stereocenters. The van der Waals surface area contributed by atoms with Gasteiger partial charge in [-0.05, 0) is 29.8 Å². The molecule has 0 amide bonds. The fourth-order valence-electron chi connectivity index (χ4n) is 2.26. The number of rotatable bonds is 3. The molecule has 0 aliphatic rings. The van der Waals surface area contributed by atoms with Crippen molar-refractivity contribution in [3.8, 4) is 0 Å². The largest absolute Gasteiger partial charge is 0.388 e. The minimum absolute atomic E-state index is 0.433. The van der Waals surface area contributed by atoms with E-state index in [0.29, 0.717) is 16.5 Å². The molecule has 0 spiro atoms. The van der Waals surface area contributed by atoms with Gasteiger partial charge < -0.3 is 5.11 Å². The quantitative estimate of drug-likeness (QED) is 0.751. The predicted octanol–water partition coefficient (Wildman–Crippen LogP) is 4.82. The van der Waals surface area contributed by atoms with Crippen LogP contribution in [0.1, 0.15) is 17.4 Å². The van der Waals surface area contributed by atoms with Crippen LogP contribution in [0.15, 0.2) is 54.6 Å². The lowest BCUT2D eigenvalue weighted by atomic mass is 10.0. The maximum atomic E-state index is 10.3. The van der Waals surface area contributed by atoms with Gasteiger partial charge in [0.1, 0.15) is 0 Å². The zero-order valence-electron chi connectivity index (χ0n) is 11.1. The summed E-state index contributed by atoms with van der Waals surface area (Å²) >= 11 is 11.9. The molecule has 0 saturated carbocycles. The molecule has 3 aromatic rings. The first-order chi connectivity index (χ1) is 10.1. The van der Waals surface area contributed by atoms with Gasteiger partial charge in [0.05, 0.1) is 21.7 Å². The lowest BCUT2D eigenvalue weighted by Gasteiger charge is -2.12. The molecule has 21 heavy (non-hydrogen) atoms. The van der Waals surface area contributed by atoms with Crippen LogP contribution >= 0.6 is 23.2 Å². The number of hydrogen-bond donors (Lipinski definition) is 1. The van der Waals surface area contributed by atoms with Gasteiger partial charge in [0.2, 0.25) is 0 Å². The Morgan fingerprint density at radius 3 is 2.57 bits per heavy atom. The normalized spacial score (nSPS) is 12.5. The monoisotopic (exact) mass is 317 g/mol. The van der Waals surface area contributed by atoms with Crippen molar-refractivity contribution in [3.05, 3.63) is 75.9 Å². The summed E-state index contributed by atoms with van der Waals surface area (Å²) in [5.41, 5.74) is 2.50. The van der Waals surface area contributed by atoms with Gasteiger partial charge in [0, 0.05) is 17.5 Å². The summed E-state index contributed by atoms with van der Waals surface area (Å²) in [6.07, 6.45) is -0.226. The Labute approximate surface area is 133 Å². The van der Waals surface area contributed by atoms with E-state index in [2.05, 4.69) is 4.98 Å². The van der Waals surface area contributed by atoms with E-state index in [0.717, 1.165) is 22.2 Å². The average Bonchev–Trinajstić information content (AvgIpc) is 2.50. The highest BCUT2D eigenvalue weighted by Crippen LogP contribution is 2.27. The highest BCUT2D eigenvalue weighted by atomic mass is 35.5. The van der Waals surface area contributed by atoms with Gasteiger partial charge in [-0.3, -0.25) is 4.98 Å². The third-order valence-electron chi connectivity index (χ3n) is 3.39. The summed E-state index contributed by atoms with van der Waals surface area (Å²) in [6.45, 7) is 0. The Bertz CT molecular complexity index is 789. The number of fused-ring (bicyclic) bond motifs is 1. The maximum absolute atomic E-state index is 10.3. The van der Waals surface area contributed by atoms with Crippen LogP contribution in [-0.4, -0.2) is 10.1 Å². The summed E-state index contributed by atoms with van der Waals surface area (Å²) in [5.74, 6) is 0. The predicted molar refractivity (Wildman–Crippen MR) is 86.9 cm³/mol. The van der Waals surface area contributed by atoms with Crippen molar-refractivity contribution in [2.45, 2.75) is 12.5 Å². The molecule has 4 heteroatoms. The first-order valence-electron chi connectivity index (χ1n) is 6.61. The van der Waals surface area contributed by atoms with Crippen molar-refractivity contribution in [2.75, 3.05) is 0 Å². The molecular formula is C17H13Cl2NO. The Kier molecular flexibility index (Phi) is 4.11. The van der Waals surface area contributed by atoms with Crippen molar-refractivity contribution in [3.63, 3.8) is 0 Å². The standard InChI is InChI=1S/C17H13Cl2NO/c18-14-8-6-12(9-15(14)19)17(21)10-13-7-5-11-3-1-2-4-16(11)20-13/h1-9,17,21H,10H2/t17-/m0/s1. The lowest BCUT2D eigenvalue weighted by Crippen LogP contribution is -2.03. The first kappa shape index (κ1) is 14.3. The number of nitrogens with zero attached hydrogens (tertiary/aromatic N) is 1. The molecule has 1 aromatic heterocycles. The van der Waals surface area contributed by atoms with Gasteiger partial charge in [-0.15, -0.1) is 0 Å². The zero-order chi connectivity index (χ0) is 14.8. The molecule has 0 aliphatic heterocycles. The minimum atomic E-state index is -0.659. The van der Waals surface area contributed by atoms with Crippen LogP contribution in [0.2, 0.25) is 10.0 Å². The van der Waals surface area contributed by atoms with Gasteiger partial charge in [-0.2, -0.15) is 0 Å². The van der Waals surface area contributed by atoms with Crippen LogP contribution in [0.4, 0.5) is 0 Å². The van der Waals surface area contributed by atoms with Crippen LogP contribution in [0.5, 0.6) is 0 Å². The van der Waals surface area contributed by atoms with E-state index in [4.69, 9.17) is 23.2 Å². The van der Waals surface area contributed by atoms with Crippen molar-refractivity contribution in [1.82, 2.24) is 4.98 Å². The average molecular weight is 318 g/mol. The number of pyridine rings is 1. The second-order valence-corrected chi connectivity index (χ2v) is 5.70. The van der Waals surface area contributed by atoms with Crippen molar-refractivity contribution in [2.24, 2.45) is 0 Å². The molecule has 0 fully saturated rings. The van der Waals surface area contributed by atoms with Crippen LogP contribution in [0.25, 0.3) is 10.9 Å². The molecule has 0 aliphatic carbocycles. The molecule has 0 saturated heterocycles. The Morgan fingerprint density at radius 1 is 0.952 bits per heavy atom. The van der Waals surface area contributed by atoms with E-state index < -0.39 is 6.10 Å². The summed E-state index contributed by atoms with van der Waals surface area (Å²) in [4.78, 5) is 4.56. The fourth-order valence-corrected chi connectivity index (χ4v) is 2.56. The van der Waals surface area contributed by atoms with Crippen LogP contribution in [-0.2, 0) is 6.42 Å². The third kappa shape index (κ3) is 3.18. The molecule has 0 bridgehead atoms. The Hall–Kier alpha value is -1.61. The number of aromatic nitrogens is 1. The molecular weight excluding hydrogens is 305 g/mol. The minimum Gasteiger partial charge on any atom is -0.388 e. The van der Waals surface area contributed by atoms with E-state index in [9.17, 15) is 5.11 Å². The van der Waals surface area contributed by atoms with Gasteiger partial charge in [-0.25, -0.2) is 0 Å². The van der Waals surface area contributed by atoms with Gasteiger partial charge in [-0.1, -0.05) is 53.5 Å². The Balaban J connectivity index is 1.85. The molecule has 3 rings (SSSR count). The number of aliphatic hydroxyl groups is 1. The molecule has 2 aromatic carbocycles. The maximum Gasteiger partial charge on any atom is 0.0846 e. The van der Waals surface area contributed by atoms with E-state index in [-0.39, 0.29) is 0 Å². The van der Waals surface area contributed by atoms with Crippen LogP contribution in [0, 0.1) is 0 Å². The smallest absolute Gasteiger partial charge is 0.0846 e. The van der Waals surface area contributed by atoms with E-state index in [1.54, 1.807) is 18.2 Å². The van der Waals surface area contributed by atoms with Crippen molar-refractivity contribution >= 4 is 34.1 Å². The van der Waals surface area contributed by atoms with Gasteiger partial charge >= 0.3 is 0 Å². The third-order valence-corrected chi connectivity index (χ3v) is 4.13. The summed E-state index contributed by atoms with van der Waals surface area (Å²) in [5, 5.41) is 12.3. The van der Waals surface area contributed by atoms with Crippen LogP contribution < -0.4 is 0 Å². The summed E-state index contributed by atoms with van der Waals surface area (Å²) in [7, 11) is 0. The van der Waals surface area contributed by atoms with E-state index in [1.807, 2.05) is 36.4 Å². The highest BCUT2D eigenvalue weighted by Gasteiger charge is 2.11.